The Kier molecular flexibility index (Phi) is 3.33. The van der Waals surface area contributed by atoms with Crippen LogP contribution in [-0.2, 0) is 0 Å². The van der Waals surface area contributed by atoms with Crippen molar-refractivity contribution in [1.29, 1.82) is 0 Å². The van der Waals surface area contributed by atoms with Crippen LogP contribution in [0.15, 0.2) is 0 Å². The van der Waals surface area contributed by atoms with Crippen LogP contribution in [0.2, 0.25) is 0 Å². The number of hydrogen-bond acceptors (Lipinski definition) is 2. The minimum absolute atomic E-state index is 0.528. The Morgan fingerprint density at radius 3 is 2.25 bits per heavy atom. The SMILES string of the molecule is CC1(C)C(CNCC2CCCCN2)C1(C)C. The molecule has 1 aliphatic heterocycles. The van der Waals surface area contributed by atoms with Crippen LogP contribution in [0.5, 0.6) is 0 Å². The van der Waals surface area contributed by atoms with Crippen LogP contribution in [0.4, 0.5) is 0 Å². The smallest absolute Gasteiger partial charge is 0.0192 e. The van der Waals surface area contributed by atoms with Crippen LogP contribution >= 0.6 is 0 Å². The molecular formula is C14H28N2. The quantitative estimate of drug-likeness (QED) is 0.766. The number of nitrogens with one attached hydrogen (secondary N) is 2. The van der Waals surface area contributed by atoms with E-state index >= 15 is 0 Å². The number of piperidine rings is 1. The Balaban J connectivity index is 1.66. The minimum Gasteiger partial charge on any atom is -0.315 e. The fourth-order valence-corrected chi connectivity index (χ4v) is 3.34. The van der Waals surface area contributed by atoms with Crippen molar-refractivity contribution in [3.05, 3.63) is 0 Å². The van der Waals surface area contributed by atoms with E-state index in [4.69, 9.17) is 0 Å². The van der Waals surface area contributed by atoms with Crippen molar-refractivity contribution < 1.29 is 0 Å². The van der Waals surface area contributed by atoms with E-state index in [2.05, 4.69) is 38.3 Å². The summed E-state index contributed by atoms with van der Waals surface area (Å²) in [4.78, 5) is 0. The molecule has 0 bridgehead atoms. The summed E-state index contributed by atoms with van der Waals surface area (Å²) in [6.45, 7) is 13.2. The van der Waals surface area contributed by atoms with E-state index in [1.54, 1.807) is 0 Å². The second kappa shape index (κ2) is 4.30. The van der Waals surface area contributed by atoms with Gasteiger partial charge >= 0.3 is 0 Å². The molecule has 0 aromatic rings. The van der Waals surface area contributed by atoms with Gasteiger partial charge in [0.15, 0.2) is 0 Å². The van der Waals surface area contributed by atoms with Gasteiger partial charge in [-0.2, -0.15) is 0 Å². The van der Waals surface area contributed by atoms with E-state index < -0.39 is 0 Å². The standard InChI is InChI=1S/C14H28N2/c1-13(2)12(14(13,3)4)10-15-9-11-7-5-6-8-16-11/h11-12,15-16H,5-10H2,1-4H3. The molecule has 0 spiro atoms. The van der Waals surface area contributed by atoms with Crippen LogP contribution in [0.1, 0.15) is 47.0 Å². The Bertz CT molecular complexity index is 225. The summed E-state index contributed by atoms with van der Waals surface area (Å²) in [5, 5.41) is 7.26. The zero-order valence-electron chi connectivity index (χ0n) is 11.4. The molecule has 1 atom stereocenters. The highest BCUT2D eigenvalue weighted by atomic mass is 15.0. The highest BCUT2D eigenvalue weighted by Crippen LogP contribution is 2.67. The predicted molar refractivity (Wildman–Crippen MR) is 69.6 cm³/mol. The van der Waals surface area contributed by atoms with Gasteiger partial charge in [0.2, 0.25) is 0 Å². The van der Waals surface area contributed by atoms with Gasteiger partial charge in [0, 0.05) is 12.6 Å². The summed E-state index contributed by atoms with van der Waals surface area (Å²) in [7, 11) is 0. The maximum Gasteiger partial charge on any atom is 0.0192 e. The third kappa shape index (κ3) is 2.14. The highest BCUT2D eigenvalue weighted by Gasteiger charge is 2.63. The zero-order valence-corrected chi connectivity index (χ0v) is 11.4. The first kappa shape index (κ1) is 12.4. The fraction of sp³-hybridized carbons (Fsp3) is 1.00. The van der Waals surface area contributed by atoms with Gasteiger partial charge in [0.25, 0.3) is 0 Å². The highest BCUT2D eigenvalue weighted by molar-refractivity contribution is 5.12. The molecule has 0 amide bonds. The normalized spacial score (nSPS) is 32.6. The van der Waals surface area contributed by atoms with E-state index in [0.29, 0.717) is 10.8 Å². The lowest BCUT2D eigenvalue weighted by Crippen LogP contribution is -2.42. The monoisotopic (exact) mass is 224 g/mol. The summed E-state index contributed by atoms with van der Waals surface area (Å²) in [5.41, 5.74) is 1.06. The van der Waals surface area contributed by atoms with Crippen molar-refractivity contribution >= 4 is 0 Å². The van der Waals surface area contributed by atoms with Crippen molar-refractivity contribution in [3.63, 3.8) is 0 Å². The third-order valence-corrected chi connectivity index (χ3v) is 5.47. The van der Waals surface area contributed by atoms with Crippen molar-refractivity contribution in [2.75, 3.05) is 19.6 Å². The molecule has 0 radical (unpaired) electrons. The fourth-order valence-electron chi connectivity index (χ4n) is 3.34. The van der Waals surface area contributed by atoms with E-state index in [0.717, 1.165) is 18.5 Å². The molecule has 2 nitrogen and oxygen atoms in total. The van der Waals surface area contributed by atoms with Crippen molar-refractivity contribution in [2.45, 2.75) is 53.0 Å². The number of rotatable bonds is 4. The van der Waals surface area contributed by atoms with Crippen LogP contribution in [0.25, 0.3) is 0 Å². The Labute approximate surface area is 101 Å². The van der Waals surface area contributed by atoms with Crippen molar-refractivity contribution in [3.8, 4) is 0 Å². The summed E-state index contributed by atoms with van der Waals surface area (Å²) >= 11 is 0. The molecule has 16 heavy (non-hydrogen) atoms. The van der Waals surface area contributed by atoms with Crippen molar-refractivity contribution in [2.24, 2.45) is 16.7 Å². The molecule has 1 heterocycles. The van der Waals surface area contributed by atoms with Crippen molar-refractivity contribution in [1.82, 2.24) is 10.6 Å². The molecule has 2 fully saturated rings. The van der Waals surface area contributed by atoms with Crippen LogP contribution in [0, 0.1) is 16.7 Å². The van der Waals surface area contributed by atoms with Gasteiger partial charge in [-0.1, -0.05) is 34.1 Å². The molecule has 1 saturated heterocycles. The third-order valence-electron chi connectivity index (χ3n) is 5.47. The summed E-state index contributed by atoms with van der Waals surface area (Å²) in [6, 6.07) is 0.721. The molecule has 0 aromatic carbocycles. The lowest BCUT2D eigenvalue weighted by atomic mass is 10.0. The predicted octanol–water partition coefficient (Wildman–Crippen LogP) is 2.40. The summed E-state index contributed by atoms with van der Waals surface area (Å²) < 4.78 is 0. The van der Waals surface area contributed by atoms with Gasteiger partial charge in [-0.3, -0.25) is 0 Å². The molecule has 2 aliphatic rings. The van der Waals surface area contributed by atoms with Gasteiger partial charge in [-0.15, -0.1) is 0 Å². The van der Waals surface area contributed by atoms with Gasteiger partial charge in [-0.25, -0.2) is 0 Å². The molecular weight excluding hydrogens is 196 g/mol. The van der Waals surface area contributed by atoms with Gasteiger partial charge in [0.05, 0.1) is 0 Å². The Morgan fingerprint density at radius 2 is 1.75 bits per heavy atom. The molecule has 1 aliphatic carbocycles. The Hall–Kier alpha value is -0.0800. The lowest BCUT2D eigenvalue weighted by Gasteiger charge is -2.23. The first-order chi connectivity index (χ1) is 7.46. The minimum atomic E-state index is 0.528. The molecule has 1 unspecified atom stereocenters. The molecule has 2 rings (SSSR count). The molecule has 1 saturated carbocycles. The van der Waals surface area contributed by atoms with Crippen LogP contribution in [-0.4, -0.2) is 25.7 Å². The van der Waals surface area contributed by atoms with E-state index in [9.17, 15) is 0 Å². The maximum absolute atomic E-state index is 3.67. The molecule has 2 heteroatoms. The number of hydrogen-bond donors (Lipinski definition) is 2. The molecule has 2 N–H and O–H groups in total. The van der Waals surface area contributed by atoms with E-state index in [-0.39, 0.29) is 0 Å². The molecule has 0 aromatic heterocycles. The van der Waals surface area contributed by atoms with Crippen LogP contribution in [0.3, 0.4) is 0 Å². The second-order valence-electron chi connectivity index (χ2n) is 6.80. The second-order valence-corrected chi connectivity index (χ2v) is 6.80. The van der Waals surface area contributed by atoms with E-state index in [1.807, 2.05) is 0 Å². The van der Waals surface area contributed by atoms with Gasteiger partial charge in [-0.05, 0) is 42.7 Å². The zero-order chi connectivity index (χ0) is 11.8. The summed E-state index contributed by atoms with van der Waals surface area (Å²) in [5.74, 6) is 0.851. The average molecular weight is 224 g/mol. The first-order valence-electron chi connectivity index (χ1n) is 6.90. The lowest BCUT2D eigenvalue weighted by molar-refractivity contribution is 0.376. The van der Waals surface area contributed by atoms with E-state index in [1.165, 1.54) is 32.4 Å². The topological polar surface area (TPSA) is 24.1 Å². The largest absolute Gasteiger partial charge is 0.315 e. The molecule has 94 valence electrons. The van der Waals surface area contributed by atoms with Gasteiger partial charge in [0.1, 0.15) is 0 Å². The first-order valence-corrected chi connectivity index (χ1v) is 6.90. The Morgan fingerprint density at radius 1 is 1.06 bits per heavy atom. The average Bonchev–Trinajstić information content (AvgIpc) is 2.62. The summed E-state index contributed by atoms with van der Waals surface area (Å²) in [6.07, 6.45) is 4.11. The maximum atomic E-state index is 3.67. The van der Waals surface area contributed by atoms with Gasteiger partial charge < -0.3 is 10.6 Å². The van der Waals surface area contributed by atoms with Crippen LogP contribution < -0.4 is 10.6 Å².